The van der Waals surface area contributed by atoms with Crippen molar-refractivity contribution in [3.8, 4) is 10.6 Å². The number of likely N-dealkylation sites (tertiary alicyclic amines) is 1. The average molecular weight is 484 g/mol. The van der Waals surface area contributed by atoms with Gasteiger partial charge in [-0.15, -0.1) is 16.4 Å². The van der Waals surface area contributed by atoms with Crippen molar-refractivity contribution in [3.63, 3.8) is 0 Å². The predicted molar refractivity (Wildman–Crippen MR) is 117 cm³/mol. The molecule has 178 valence electrons. The van der Waals surface area contributed by atoms with E-state index in [4.69, 9.17) is 4.74 Å². The van der Waals surface area contributed by atoms with E-state index in [-0.39, 0.29) is 12.6 Å². The third-order valence-corrected chi connectivity index (χ3v) is 6.22. The molecular weight excluding hydrogens is 459 g/mol. The Morgan fingerprint density at radius 2 is 2.00 bits per heavy atom. The minimum Gasteiger partial charge on any atom is -0.444 e. The highest BCUT2D eigenvalue weighted by molar-refractivity contribution is 7.15. The van der Waals surface area contributed by atoms with Gasteiger partial charge in [-0.1, -0.05) is 0 Å². The first-order valence-electron chi connectivity index (χ1n) is 10.4. The molecule has 1 amide bonds. The van der Waals surface area contributed by atoms with Crippen molar-refractivity contribution < 1.29 is 27.8 Å². The lowest BCUT2D eigenvalue weighted by molar-refractivity contribution is -0.134. The Labute approximate surface area is 192 Å². The van der Waals surface area contributed by atoms with Crippen LogP contribution in [-0.4, -0.2) is 61.5 Å². The number of halogens is 3. The van der Waals surface area contributed by atoms with E-state index in [2.05, 4.69) is 15.4 Å². The normalized spacial score (nSPS) is 19.7. The first-order chi connectivity index (χ1) is 15.4. The fraction of sp³-hybridized carbons (Fsp3) is 0.476. The number of β-amino-alcohol motifs (C(OH)–C–C–N with tert-alkyl or cyclic N) is 1. The summed E-state index contributed by atoms with van der Waals surface area (Å²) >= 11 is 0.625. The molecule has 1 saturated heterocycles. The lowest BCUT2D eigenvalue weighted by Crippen LogP contribution is -2.52. The number of aliphatic hydroxyl groups is 1. The van der Waals surface area contributed by atoms with Crippen LogP contribution in [0.2, 0.25) is 0 Å². The van der Waals surface area contributed by atoms with Gasteiger partial charge in [0.2, 0.25) is 0 Å². The number of hydrogen-bond acceptors (Lipinski definition) is 7. The van der Waals surface area contributed by atoms with Crippen LogP contribution < -0.4 is 5.32 Å². The topological polar surface area (TPSA) is 92.0 Å². The monoisotopic (exact) mass is 483 g/mol. The van der Waals surface area contributed by atoms with Crippen LogP contribution in [0.1, 0.15) is 32.1 Å². The fourth-order valence-electron chi connectivity index (χ4n) is 3.53. The summed E-state index contributed by atoms with van der Waals surface area (Å²) < 4.78 is 45.8. The zero-order valence-corrected chi connectivity index (χ0v) is 19.1. The van der Waals surface area contributed by atoms with Gasteiger partial charge < -0.3 is 20.1 Å². The number of imidazole rings is 1. The number of aromatic nitrogens is 3. The second kappa shape index (κ2) is 8.49. The van der Waals surface area contributed by atoms with Gasteiger partial charge in [0.05, 0.1) is 29.8 Å². The number of hydrogen-bond donors (Lipinski definition) is 2. The van der Waals surface area contributed by atoms with E-state index in [1.54, 1.807) is 32.9 Å². The maximum Gasteiger partial charge on any atom is 0.425 e. The summed E-state index contributed by atoms with van der Waals surface area (Å²) in [5.74, 6) is 0.434. The van der Waals surface area contributed by atoms with Gasteiger partial charge in [-0.05, 0) is 51.5 Å². The highest BCUT2D eigenvalue weighted by Gasteiger charge is 2.34. The molecule has 0 aliphatic carbocycles. The van der Waals surface area contributed by atoms with E-state index in [9.17, 15) is 23.1 Å². The quantitative estimate of drug-likeness (QED) is 0.579. The number of fused-ring (bicyclic) bond motifs is 1. The smallest absolute Gasteiger partial charge is 0.425 e. The highest BCUT2D eigenvalue weighted by Crippen LogP contribution is 2.38. The average Bonchev–Trinajstić information content (AvgIpc) is 3.34. The Hall–Kier alpha value is -2.86. The van der Waals surface area contributed by atoms with Crippen molar-refractivity contribution >= 4 is 28.9 Å². The predicted octanol–water partition coefficient (Wildman–Crippen LogP) is 4.26. The molecule has 0 spiro atoms. The van der Waals surface area contributed by atoms with Crippen LogP contribution in [0, 0.1) is 0 Å². The van der Waals surface area contributed by atoms with E-state index >= 15 is 0 Å². The number of ether oxygens (including phenoxy) is 1. The van der Waals surface area contributed by atoms with Crippen LogP contribution in [0.15, 0.2) is 30.5 Å². The molecule has 0 unspecified atom stereocenters. The van der Waals surface area contributed by atoms with E-state index < -0.39 is 28.9 Å². The van der Waals surface area contributed by atoms with Gasteiger partial charge in [-0.3, -0.25) is 0 Å². The van der Waals surface area contributed by atoms with Crippen molar-refractivity contribution in [2.24, 2.45) is 0 Å². The maximum absolute atomic E-state index is 13.0. The maximum atomic E-state index is 13.0. The van der Waals surface area contributed by atoms with Gasteiger partial charge in [0.1, 0.15) is 22.0 Å². The van der Waals surface area contributed by atoms with Crippen molar-refractivity contribution in [2.75, 3.05) is 18.4 Å². The molecule has 2 atom stereocenters. The van der Waals surface area contributed by atoms with Crippen molar-refractivity contribution in [1.29, 1.82) is 0 Å². The zero-order chi connectivity index (χ0) is 24.0. The molecule has 1 aliphatic heterocycles. The van der Waals surface area contributed by atoms with Crippen LogP contribution in [0.5, 0.6) is 0 Å². The van der Waals surface area contributed by atoms with E-state index in [1.807, 2.05) is 0 Å². The minimum atomic E-state index is -4.41. The lowest BCUT2D eigenvalue weighted by atomic mass is 10.0. The lowest BCUT2D eigenvalue weighted by Gasteiger charge is -2.37. The molecule has 3 aromatic rings. The summed E-state index contributed by atoms with van der Waals surface area (Å²) in [7, 11) is 0. The van der Waals surface area contributed by atoms with Gasteiger partial charge in [0.25, 0.3) is 0 Å². The van der Waals surface area contributed by atoms with Crippen molar-refractivity contribution in [2.45, 2.75) is 51.1 Å². The molecule has 8 nitrogen and oxygen atoms in total. The molecule has 0 bridgehead atoms. The van der Waals surface area contributed by atoms with Gasteiger partial charge in [-0.25, -0.2) is 14.3 Å². The number of nitrogens with one attached hydrogen (secondary N) is 1. The van der Waals surface area contributed by atoms with E-state index in [0.29, 0.717) is 46.3 Å². The number of amides is 1. The van der Waals surface area contributed by atoms with E-state index in [0.717, 1.165) is 6.07 Å². The number of aliphatic hydroxyl groups excluding tert-OH is 1. The van der Waals surface area contributed by atoms with Crippen LogP contribution in [-0.2, 0) is 10.9 Å². The SMILES string of the molecule is CC(C)(C)OC(=O)N1CC[C@@H](Nc2ccc3ncc(-c4ccc(C(F)(F)F)s4)n3n2)[C@H](O)C1. The Kier molecular flexibility index (Phi) is 5.99. The first kappa shape index (κ1) is 23.3. The number of carbonyl (C=O) groups excluding carboxylic acids is 1. The Bertz CT molecular complexity index is 1150. The Morgan fingerprint density at radius 1 is 1.24 bits per heavy atom. The molecule has 1 aliphatic rings. The standard InChI is InChI=1S/C21H24F3N5O3S/c1-20(2,3)32-19(31)28-9-8-12(14(30)11-28)26-17-6-7-18-25-10-13(29(18)27-17)15-4-5-16(33-15)21(22,23)24/h4-7,10,12,14,30H,8-9,11H2,1-3H3,(H,26,27)/t12-,14-/m1/s1. The molecule has 3 aromatic heterocycles. The van der Waals surface area contributed by atoms with E-state index in [1.165, 1.54) is 21.7 Å². The summed E-state index contributed by atoms with van der Waals surface area (Å²) in [5, 5.41) is 18.2. The van der Waals surface area contributed by atoms with Gasteiger partial charge >= 0.3 is 12.3 Å². The van der Waals surface area contributed by atoms with Gasteiger partial charge in [0, 0.05) is 6.54 Å². The number of rotatable bonds is 3. The molecule has 1 fully saturated rings. The summed E-state index contributed by atoms with van der Waals surface area (Å²) in [4.78, 5) is 17.6. The first-order valence-corrected chi connectivity index (χ1v) is 11.2. The highest BCUT2D eigenvalue weighted by atomic mass is 32.1. The molecule has 0 aromatic carbocycles. The van der Waals surface area contributed by atoms with Crippen LogP contribution in [0.3, 0.4) is 0 Å². The summed E-state index contributed by atoms with van der Waals surface area (Å²) in [6, 6.07) is 5.46. The molecule has 12 heteroatoms. The number of nitrogens with zero attached hydrogens (tertiary/aromatic N) is 4. The second-order valence-corrected chi connectivity index (χ2v) is 9.91. The summed E-state index contributed by atoms with van der Waals surface area (Å²) in [6.07, 6.45) is -3.79. The zero-order valence-electron chi connectivity index (χ0n) is 18.3. The molecule has 33 heavy (non-hydrogen) atoms. The summed E-state index contributed by atoms with van der Waals surface area (Å²) in [6.45, 7) is 5.85. The van der Waals surface area contributed by atoms with Gasteiger partial charge in [-0.2, -0.15) is 13.2 Å². The minimum absolute atomic E-state index is 0.112. The van der Waals surface area contributed by atoms with Crippen LogP contribution >= 0.6 is 11.3 Å². The fourth-order valence-corrected chi connectivity index (χ4v) is 4.40. The number of thiophene rings is 1. The van der Waals surface area contributed by atoms with Gasteiger partial charge in [0.15, 0.2) is 5.65 Å². The molecule has 0 saturated carbocycles. The van der Waals surface area contributed by atoms with Crippen LogP contribution in [0.4, 0.5) is 23.8 Å². The Morgan fingerprint density at radius 3 is 2.64 bits per heavy atom. The molecule has 4 rings (SSSR count). The van der Waals surface area contributed by atoms with Crippen LogP contribution in [0.25, 0.3) is 16.2 Å². The third-order valence-electron chi connectivity index (χ3n) is 5.07. The van der Waals surface area contributed by atoms with Crippen molar-refractivity contribution in [3.05, 3.63) is 35.3 Å². The number of piperidine rings is 1. The Balaban J connectivity index is 1.48. The molecule has 2 N–H and O–H groups in total. The molecule has 4 heterocycles. The van der Waals surface area contributed by atoms with Crippen molar-refractivity contribution in [1.82, 2.24) is 19.5 Å². The largest absolute Gasteiger partial charge is 0.444 e. The number of alkyl halides is 3. The third kappa shape index (κ3) is 5.22. The summed E-state index contributed by atoms with van der Waals surface area (Å²) in [5.41, 5.74) is 0.301. The molecule has 0 radical (unpaired) electrons. The number of carbonyl (C=O) groups is 1. The number of anilines is 1. The molecular formula is C21H24F3N5O3S. The second-order valence-electron chi connectivity index (χ2n) is 8.83.